The molecule has 0 bridgehead atoms. The molecule has 0 radical (unpaired) electrons. The van der Waals surface area contributed by atoms with Crippen LogP contribution in [0.3, 0.4) is 0 Å². The molecule has 2 rings (SSSR count). The van der Waals surface area contributed by atoms with Gasteiger partial charge in [-0.1, -0.05) is 0 Å². The zero-order valence-corrected chi connectivity index (χ0v) is 10.8. The molecule has 0 saturated heterocycles. The molecule has 5 nitrogen and oxygen atoms in total. The maximum absolute atomic E-state index is 11.6. The highest BCUT2D eigenvalue weighted by atomic mass is 16.3. The minimum Gasteiger partial charge on any atom is -0.461 e. The zero-order chi connectivity index (χ0) is 13.2. The highest BCUT2D eigenvalue weighted by molar-refractivity contribution is 5.45. The largest absolute Gasteiger partial charge is 0.461 e. The zero-order valence-electron chi connectivity index (χ0n) is 10.8. The summed E-state index contributed by atoms with van der Waals surface area (Å²) in [4.78, 5) is 18.6. The summed E-state index contributed by atoms with van der Waals surface area (Å²) in [5, 5.41) is 3.29. The van der Waals surface area contributed by atoms with E-state index in [0.29, 0.717) is 23.8 Å². The number of nitrogens with one attached hydrogen (secondary N) is 2. The number of H-pyrrole nitrogens is 1. The van der Waals surface area contributed by atoms with Crippen LogP contribution in [0, 0.1) is 0 Å². The van der Waals surface area contributed by atoms with Gasteiger partial charge in [-0.15, -0.1) is 0 Å². The van der Waals surface area contributed by atoms with Crippen LogP contribution in [-0.2, 0) is 6.54 Å². The molecular weight excluding hydrogens is 230 g/mol. The molecule has 2 aromatic heterocycles. The van der Waals surface area contributed by atoms with E-state index in [1.807, 2.05) is 0 Å². The van der Waals surface area contributed by atoms with Crippen LogP contribution in [0.25, 0.3) is 11.6 Å². The van der Waals surface area contributed by atoms with Gasteiger partial charge in [0, 0.05) is 18.2 Å². The summed E-state index contributed by atoms with van der Waals surface area (Å²) in [7, 11) is 0. The Bertz CT molecular complexity index is 565. The summed E-state index contributed by atoms with van der Waals surface area (Å²) in [5.41, 5.74) is 0.497. The Hall–Kier alpha value is -1.88. The first kappa shape index (κ1) is 12.6. The number of hydrogen-bond acceptors (Lipinski definition) is 4. The second-order valence-electron chi connectivity index (χ2n) is 5.17. The van der Waals surface area contributed by atoms with E-state index in [9.17, 15) is 4.79 Å². The van der Waals surface area contributed by atoms with Gasteiger partial charge >= 0.3 is 0 Å². The van der Waals surface area contributed by atoms with Crippen molar-refractivity contribution in [3.8, 4) is 11.6 Å². The molecule has 0 aliphatic rings. The van der Waals surface area contributed by atoms with E-state index >= 15 is 0 Å². The van der Waals surface area contributed by atoms with Crippen molar-refractivity contribution in [2.45, 2.75) is 32.9 Å². The Morgan fingerprint density at radius 1 is 1.44 bits per heavy atom. The van der Waals surface area contributed by atoms with Crippen molar-refractivity contribution in [3.63, 3.8) is 0 Å². The molecular formula is C13H17N3O2. The van der Waals surface area contributed by atoms with E-state index in [1.165, 1.54) is 6.07 Å². The second kappa shape index (κ2) is 4.78. The molecule has 0 atom stereocenters. The third-order valence-electron chi connectivity index (χ3n) is 2.35. The van der Waals surface area contributed by atoms with E-state index in [-0.39, 0.29) is 11.1 Å². The topological polar surface area (TPSA) is 70.9 Å². The monoisotopic (exact) mass is 247 g/mol. The number of hydrogen-bond donors (Lipinski definition) is 2. The molecule has 0 fully saturated rings. The fourth-order valence-corrected chi connectivity index (χ4v) is 1.48. The molecule has 18 heavy (non-hydrogen) atoms. The van der Waals surface area contributed by atoms with Gasteiger partial charge < -0.3 is 14.7 Å². The molecule has 0 unspecified atom stereocenters. The van der Waals surface area contributed by atoms with E-state index in [1.54, 1.807) is 18.4 Å². The number of aromatic amines is 1. The Labute approximate surface area is 105 Å². The van der Waals surface area contributed by atoms with Crippen molar-refractivity contribution in [2.24, 2.45) is 0 Å². The number of aromatic nitrogens is 2. The molecule has 2 aromatic rings. The van der Waals surface area contributed by atoms with Crippen LogP contribution >= 0.6 is 0 Å². The third kappa shape index (κ3) is 3.30. The van der Waals surface area contributed by atoms with Crippen LogP contribution in [0.2, 0.25) is 0 Å². The SMILES string of the molecule is CC(C)(C)NCc1cc(=O)[nH]c(-c2ccco2)n1. The number of nitrogens with zero attached hydrogens (tertiary/aromatic N) is 1. The minimum atomic E-state index is -0.179. The van der Waals surface area contributed by atoms with Gasteiger partial charge in [-0.2, -0.15) is 0 Å². The van der Waals surface area contributed by atoms with Crippen molar-refractivity contribution < 1.29 is 4.42 Å². The van der Waals surface area contributed by atoms with Gasteiger partial charge in [-0.25, -0.2) is 4.98 Å². The molecule has 5 heteroatoms. The molecule has 0 amide bonds. The predicted molar refractivity (Wildman–Crippen MR) is 69.2 cm³/mol. The van der Waals surface area contributed by atoms with Crippen molar-refractivity contribution >= 4 is 0 Å². The lowest BCUT2D eigenvalue weighted by Gasteiger charge is -2.20. The Morgan fingerprint density at radius 3 is 2.83 bits per heavy atom. The fourth-order valence-electron chi connectivity index (χ4n) is 1.48. The summed E-state index contributed by atoms with van der Waals surface area (Å²) >= 11 is 0. The lowest BCUT2D eigenvalue weighted by atomic mass is 10.1. The summed E-state index contributed by atoms with van der Waals surface area (Å²) in [6, 6.07) is 5.01. The summed E-state index contributed by atoms with van der Waals surface area (Å²) in [6.07, 6.45) is 1.55. The average Bonchev–Trinajstić information content (AvgIpc) is 2.78. The second-order valence-corrected chi connectivity index (χ2v) is 5.17. The molecule has 0 aliphatic heterocycles. The fraction of sp³-hybridized carbons (Fsp3) is 0.385. The van der Waals surface area contributed by atoms with Crippen molar-refractivity contribution in [3.05, 3.63) is 40.5 Å². The smallest absolute Gasteiger partial charge is 0.251 e. The van der Waals surface area contributed by atoms with Gasteiger partial charge in [0.1, 0.15) is 0 Å². The van der Waals surface area contributed by atoms with Gasteiger partial charge in [0.05, 0.1) is 12.0 Å². The Balaban J connectivity index is 2.25. The molecule has 96 valence electrons. The molecule has 2 N–H and O–H groups in total. The summed E-state index contributed by atoms with van der Waals surface area (Å²) in [5.74, 6) is 1.02. The lowest BCUT2D eigenvalue weighted by Crippen LogP contribution is -2.35. The van der Waals surface area contributed by atoms with Crippen LogP contribution in [0.15, 0.2) is 33.7 Å². The van der Waals surface area contributed by atoms with Gasteiger partial charge in [-0.3, -0.25) is 4.79 Å². The molecule has 0 aliphatic carbocycles. The van der Waals surface area contributed by atoms with Crippen LogP contribution in [0.5, 0.6) is 0 Å². The van der Waals surface area contributed by atoms with Crippen molar-refractivity contribution in [1.29, 1.82) is 0 Å². The first-order valence-corrected chi connectivity index (χ1v) is 5.83. The first-order valence-electron chi connectivity index (χ1n) is 5.83. The van der Waals surface area contributed by atoms with Crippen LogP contribution in [0.1, 0.15) is 26.5 Å². The molecule has 2 heterocycles. The molecule has 0 spiro atoms. The van der Waals surface area contributed by atoms with Crippen molar-refractivity contribution in [2.75, 3.05) is 0 Å². The number of rotatable bonds is 3. The summed E-state index contributed by atoms with van der Waals surface area (Å²) < 4.78 is 5.22. The minimum absolute atomic E-state index is 0.0187. The van der Waals surface area contributed by atoms with Gasteiger partial charge in [-0.05, 0) is 32.9 Å². The van der Waals surface area contributed by atoms with Crippen LogP contribution in [0.4, 0.5) is 0 Å². The van der Waals surface area contributed by atoms with Gasteiger partial charge in [0.25, 0.3) is 5.56 Å². The Kier molecular flexibility index (Phi) is 3.34. The van der Waals surface area contributed by atoms with E-state index < -0.39 is 0 Å². The molecule has 0 saturated carbocycles. The van der Waals surface area contributed by atoms with E-state index in [0.717, 1.165) is 0 Å². The van der Waals surface area contributed by atoms with Crippen LogP contribution in [-0.4, -0.2) is 15.5 Å². The highest BCUT2D eigenvalue weighted by Gasteiger charge is 2.11. The third-order valence-corrected chi connectivity index (χ3v) is 2.35. The average molecular weight is 247 g/mol. The maximum atomic E-state index is 11.6. The summed E-state index contributed by atoms with van der Waals surface area (Å²) in [6.45, 7) is 6.73. The maximum Gasteiger partial charge on any atom is 0.251 e. The van der Waals surface area contributed by atoms with Gasteiger partial charge in [0.2, 0.25) is 0 Å². The normalized spacial score (nSPS) is 11.7. The molecule has 0 aromatic carbocycles. The highest BCUT2D eigenvalue weighted by Crippen LogP contribution is 2.13. The van der Waals surface area contributed by atoms with Crippen molar-refractivity contribution in [1.82, 2.24) is 15.3 Å². The van der Waals surface area contributed by atoms with Crippen LogP contribution < -0.4 is 10.9 Å². The number of furan rings is 1. The standard InChI is InChI=1S/C13H17N3O2/c1-13(2,3)14-8-9-7-11(17)16-12(15-9)10-5-4-6-18-10/h4-7,14H,8H2,1-3H3,(H,15,16,17). The van der Waals surface area contributed by atoms with E-state index in [2.05, 4.69) is 36.1 Å². The lowest BCUT2D eigenvalue weighted by molar-refractivity contribution is 0.421. The van der Waals surface area contributed by atoms with Gasteiger partial charge in [0.15, 0.2) is 11.6 Å². The quantitative estimate of drug-likeness (QED) is 0.869. The van der Waals surface area contributed by atoms with E-state index in [4.69, 9.17) is 4.42 Å². The first-order chi connectivity index (χ1) is 8.44. The Morgan fingerprint density at radius 2 is 2.22 bits per heavy atom. The predicted octanol–water partition coefficient (Wildman–Crippen LogP) is 1.92.